The molecule has 178 valence electrons. The van der Waals surface area contributed by atoms with Crippen LogP contribution < -0.4 is 5.63 Å². The second kappa shape index (κ2) is 9.21. The highest BCUT2D eigenvalue weighted by molar-refractivity contribution is 7.91. The van der Waals surface area contributed by atoms with E-state index >= 15 is 0 Å². The molecule has 8 nitrogen and oxygen atoms in total. The van der Waals surface area contributed by atoms with Gasteiger partial charge in [-0.05, 0) is 24.0 Å². The Morgan fingerprint density at radius 2 is 1.76 bits per heavy atom. The van der Waals surface area contributed by atoms with Gasteiger partial charge in [0.1, 0.15) is 12.0 Å². The van der Waals surface area contributed by atoms with Crippen molar-refractivity contribution in [1.29, 1.82) is 0 Å². The van der Waals surface area contributed by atoms with Crippen LogP contribution in [-0.4, -0.2) is 78.5 Å². The third-order valence-corrected chi connectivity index (χ3v) is 9.01. The molecular weight excluding hydrogens is 442 g/mol. The number of sulfone groups is 1. The van der Waals surface area contributed by atoms with Crippen molar-refractivity contribution in [2.24, 2.45) is 0 Å². The summed E-state index contributed by atoms with van der Waals surface area (Å²) in [5, 5.41) is 10.9. The first-order chi connectivity index (χ1) is 15.9. The van der Waals surface area contributed by atoms with Crippen LogP contribution in [0.1, 0.15) is 28.7 Å². The first kappa shape index (κ1) is 22.6. The minimum Gasteiger partial charge on any atom is -0.507 e. The molecular formula is C24H31N3O5S. The Morgan fingerprint density at radius 1 is 1.00 bits per heavy atom. The topological polar surface area (TPSA) is 94.3 Å². The van der Waals surface area contributed by atoms with E-state index < -0.39 is 15.5 Å². The van der Waals surface area contributed by atoms with E-state index in [2.05, 4.69) is 32.9 Å². The van der Waals surface area contributed by atoms with Gasteiger partial charge in [-0.3, -0.25) is 14.7 Å². The number of nitrogens with zero attached hydrogens (tertiary/aromatic N) is 3. The van der Waals surface area contributed by atoms with Gasteiger partial charge in [0.2, 0.25) is 0 Å². The average molecular weight is 474 g/mol. The maximum atomic E-state index is 12.4. The largest absolute Gasteiger partial charge is 0.507 e. The van der Waals surface area contributed by atoms with E-state index in [-0.39, 0.29) is 23.3 Å². The van der Waals surface area contributed by atoms with Crippen molar-refractivity contribution in [3.63, 3.8) is 0 Å². The van der Waals surface area contributed by atoms with Crippen LogP contribution in [0.15, 0.2) is 39.7 Å². The van der Waals surface area contributed by atoms with Gasteiger partial charge in [-0.1, -0.05) is 24.3 Å². The summed E-state index contributed by atoms with van der Waals surface area (Å²) >= 11 is 0. The molecule has 2 aromatic rings. The van der Waals surface area contributed by atoms with E-state index in [4.69, 9.17) is 4.42 Å². The maximum Gasteiger partial charge on any atom is 0.343 e. The second-order valence-electron chi connectivity index (χ2n) is 9.47. The first-order valence-electron chi connectivity index (χ1n) is 11.7. The number of fused-ring (bicyclic) bond motifs is 1. The van der Waals surface area contributed by atoms with Gasteiger partial charge in [0.25, 0.3) is 0 Å². The molecule has 0 spiro atoms. The predicted molar refractivity (Wildman–Crippen MR) is 125 cm³/mol. The first-order valence-corrected chi connectivity index (χ1v) is 13.5. The third kappa shape index (κ3) is 5.01. The normalized spacial score (nSPS) is 24.1. The van der Waals surface area contributed by atoms with Gasteiger partial charge in [0.15, 0.2) is 9.84 Å². The number of piperazine rings is 1. The Bertz CT molecular complexity index is 1170. The molecule has 3 aliphatic rings. The number of hydrogen-bond donors (Lipinski definition) is 1. The van der Waals surface area contributed by atoms with Crippen molar-refractivity contribution in [2.75, 3.05) is 44.2 Å². The smallest absolute Gasteiger partial charge is 0.343 e. The summed E-state index contributed by atoms with van der Waals surface area (Å²) in [6.45, 7) is 5.54. The number of rotatable bonds is 5. The summed E-state index contributed by atoms with van der Waals surface area (Å²) in [4.78, 5) is 19.1. The lowest BCUT2D eigenvalue weighted by Crippen LogP contribution is -2.50. The average Bonchev–Trinajstić information content (AvgIpc) is 3.18. The molecule has 0 saturated carbocycles. The van der Waals surface area contributed by atoms with Gasteiger partial charge in [0, 0.05) is 64.0 Å². The molecule has 0 unspecified atom stereocenters. The molecule has 1 aromatic heterocycles. The highest BCUT2D eigenvalue weighted by Gasteiger charge is 2.34. The molecule has 1 N–H and O–H groups in total. The van der Waals surface area contributed by atoms with E-state index in [0.717, 1.165) is 45.7 Å². The molecule has 33 heavy (non-hydrogen) atoms. The van der Waals surface area contributed by atoms with Gasteiger partial charge < -0.3 is 9.52 Å². The Balaban J connectivity index is 1.22. The van der Waals surface area contributed by atoms with Crippen molar-refractivity contribution >= 4 is 9.84 Å². The van der Waals surface area contributed by atoms with Crippen LogP contribution in [0.25, 0.3) is 0 Å². The summed E-state index contributed by atoms with van der Waals surface area (Å²) < 4.78 is 28.9. The van der Waals surface area contributed by atoms with Crippen LogP contribution in [0.4, 0.5) is 0 Å². The van der Waals surface area contributed by atoms with Gasteiger partial charge >= 0.3 is 5.63 Å². The zero-order valence-electron chi connectivity index (χ0n) is 18.8. The monoisotopic (exact) mass is 473 g/mol. The minimum absolute atomic E-state index is 0.0365. The molecule has 3 aliphatic heterocycles. The lowest BCUT2D eigenvalue weighted by molar-refractivity contribution is 0.0985. The second-order valence-corrected chi connectivity index (χ2v) is 11.7. The van der Waals surface area contributed by atoms with E-state index in [0.29, 0.717) is 30.6 Å². The molecule has 1 atom stereocenters. The molecule has 5 rings (SSSR count). The molecule has 0 bridgehead atoms. The van der Waals surface area contributed by atoms with Gasteiger partial charge in [-0.15, -0.1) is 0 Å². The quantitative estimate of drug-likeness (QED) is 0.693. The molecule has 2 saturated heterocycles. The van der Waals surface area contributed by atoms with Crippen molar-refractivity contribution in [3.8, 4) is 5.75 Å². The zero-order valence-corrected chi connectivity index (χ0v) is 19.6. The Kier molecular flexibility index (Phi) is 6.30. The minimum atomic E-state index is -2.90. The van der Waals surface area contributed by atoms with Crippen LogP contribution in [0.2, 0.25) is 0 Å². The van der Waals surface area contributed by atoms with E-state index in [1.54, 1.807) is 0 Å². The third-order valence-electron chi connectivity index (χ3n) is 7.26. The maximum absolute atomic E-state index is 12.4. The molecule has 0 amide bonds. The predicted octanol–water partition coefficient (Wildman–Crippen LogP) is 1.21. The van der Waals surface area contributed by atoms with Gasteiger partial charge in [-0.2, -0.15) is 0 Å². The Labute approximate surface area is 194 Å². The van der Waals surface area contributed by atoms with Crippen LogP contribution in [0.5, 0.6) is 5.75 Å². The lowest BCUT2D eigenvalue weighted by Gasteiger charge is -2.37. The van der Waals surface area contributed by atoms with E-state index in [1.165, 1.54) is 17.4 Å². The standard InChI is InChI=1S/C24H31N3O5S/c28-23-20(14-26-7-5-18-3-1-2-4-19(18)13-26)16-32-24(29)22(23)15-25-8-10-27(11-9-25)21-6-12-33(30,31)17-21/h1-4,16,21,28H,5-15,17H2/t21-/m0/s1. The fourth-order valence-electron chi connectivity index (χ4n) is 5.30. The van der Waals surface area contributed by atoms with Crippen LogP contribution in [0.3, 0.4) is 0 Å². The molecule has 4 heterocycles. The van der Waals surface area contributed by atoms with Crippen molar-refractivity contribution in [3.05, 3.63) is 63.2 Å². The summed E-state index contributed by atoms with van der Waals surface area (Å²) in [5.74, 6) is 0.567. The number of hydrogen-bond acceptors (Lipinski definition) is 8. The molecule has 0 aliphatic carbocycles. The fourth-order valence-corrected chi connectivity index (χ4v) is 7.06. The number of benzene rings is 1. The summed E-state index contributed by atoms with van der Waals surface area (Å²) in [7, 11) is -2.90. The van der Waals surface area contributed by atoms with Crippen LogP contribution >= 0.6 is 0 Å². The molecule has 9 heteroatoms. The zero-order chi connectivity index (χ0) is 23.0. The van der Waals surface area contributed by atoms with Gasteiger partial charge in [-0.25, -0.2) is 13.2 Å². The molecule has 2 fully saturated rings. The summed E-state index contributed by atoms with van der Waals surface area (Å²) in [6, 6.07) is 8.51. The van der Waals surface area contributed by atoms with Crippen LogP contribution in [-0.2, 0) is 35.9 Å². The molecule has 0 radical (unpaired) electrons. The summed E-state index contributed by atoms with van der Waals surface area (Å²) in [6.07, 6.45) is 3.06. The van der Waals surface area contributed by atoms with E-state index in [9.17, 15) is 18.3 Å². The Hall–Kier alpha value is -2.20. The van der Waals surface area contributed by atoms with Crippen molar-refractivity contribution < 1.29 is 17.9 Å². The SMILES string of the molecule is O=c1occ(CN2CCc3ccccc3C2)c(O)c1CN1CCN([C@H]2CCS(=O)(=O)C2)CC1. The number of aromatic hydroxyl groups is 1. The van der Waals surface area contributed by atoms with Crippen molar-refractivity contribution in [1.82, 2.24) is 14.7 Å². The molecule has 1 aromatic carbocycles. The van der Waals surface area contributed by atoms with Gasteiger partial charge in [0.05, 0.1) is 17.1 Å². The fraction of sp³-hybridized carbons (Fsp3) is 0.542. The Morgan fingerprint density at radius 3 is 2.48 bits per heavy atom. The lowest BCUT2D eigenvalue weighted by atomic mass is 9.99. The van der Waals surface area contributed by atoms with Crippen LogP contribution in [0, 0.1) is 0 Å². The van der Waals surface area contributed by atoms with E-state index in [1.807, 2.05) is 6.07 Å². The summed E-state index contributed by atoms with van der Waals surface area (Å²) in [5.41, 5.74) is 3.12. The highest BCUT2D eigenvalue weighted by Crippen LogP contribution is 2.26. The highest BCUT2D eigenvalue weighted by atomic mass is 32.2. The van der Waals surface area contributed by atoms with Crippen molar-refractivity contribution in [2.45, 2.75) is 38.5 Å².